The van der Waals surface area contributed by atoms with Crippen LogP contribution in [0.2, 0.25) is 0 Å². The van der Waals surface area contributed by atoms with Crippen molar-refractivity contribution in [3.63, 3.8) is 0 Å². The van der Waals surface area contributed by atoms with E-state index in [9.17, 15) is 14.0 Å². The molecule has 1 aliphatic carbocycles. The fourth-order valence-electron chi connectivity index (χ4n) is 3.16. The van der Waals surface area contributed by atoms with E-state index in [-0.39, 0.29) is 24.3 Å². The van der Waals surface area contributed by atoms with Gasteiger partial charge in [-0.25, -0.2) is 9.18 Å². The molecule has 0 saturated carbocycles. The van der Waals surface area contributed by atoms with Gasteiger partial charge in [0.2, 0.25) is 5.91 Å². The Morgan fingerprint density at radius 3 is 2.81 bits per heavy atom. The molecule has 0 aliphatic heterocycles. The molecule has 2 aromatic rings. The second kappa shape index (κ2) is 7.97. The van der Waals surface area contributed by atoms with E-state index in [1.54, 1.807) is 25.1 Å². The SMILES string of the molecule is COC(=O)c1c(NC(=O)CNC(C)c2ccccc2F)sc2c1CCC2. The van der Waals surface area contributed by atoms with Gasteiger partial charge in [-0.3, -0.25) is 4.79 Å². The molecular weight excluding hydrogens is 355 g/mol. The van der Waals surface area contributed by atoms with E-state index in [1.165, 1.54) is 24.5 Å². The van der Waals surface area contributed by atoms with Crippen molar-refractivity contribution in [2.75, 3.05) is 19.0 Å². The first kappa shape index (κ1) is 18.5. The van der Waals surface area contributed by atoms with E-state index >= 15 is 0 Å². The van der Waals surface area contributed by atoms with Gasteiger partial charge in [0.05, 0.1) is 19.2 Å². The number of amides is 1. The summed E-state index contributed by atoms with van der Waals surface area (Å²) in [6.07, 6.45) is 2.76. The first-order chi connectivity index (χ1) is 12.5. The minimum atomic E-state index is -0.424. The maximum atomic E-state index is 13.8. The van der Waals surface area contributed by atoms with Crippen molar-refractivity contribution < 1.29 is 18.7 Å². The van der Waals surface area contributed by atoms with E-state index in [0.29, 0.717) is 16.1 Å². The molecule has 1 heterocycles. The monoisotopic (exact) mass is 376 g/mol. The Kier molecular flexibility index (Phi) is 5.68. The number of anilines is 1. The third-order valence-corrected chi connectivity index (χ3v) is 5.71. The minimum absolute atomic E-state index is 0.0126. The van der Waals surface area contributed by atoms with Crippen LogP contribution in [0.4, 0.5) is 9.39 Å². The largest absolute Gasteiger partial charge is 0.465 e. The first-order valence-corrected chi connectivity index (χ1v) is 9.33. The topological polar surface area (TPSA) is 67.4 Å². The van der Waals surface area contributed by atoms with Gasteiger partial charge < -0.3 is 15.4 Å². The molecule has 138 valence electrons. The smallest absolute Gasteiger partial charge is 0.341 e. The number of aryl methyl sites for hydroxylation is 1. The number of carbonyl (C=O) groups is 2. The highest BCUT2D eigenvalue weighted by Crippen LogP contribution is 2.39. The van der Waals surface area contributed by atoms with Crippen LogP contribution in [0.15, 0.2) is 24.3 Å². The van der Waals surface area contributed by atoms with Crippen LogP contribution in [-0.4, -0.2) is 25.5 Å². The van der Waals surface area contributed by atoms with Gasteiger partial charge in [0.1, 0.15) is 10.8 Å². The van der Waals surface area contributed by atoms with E-state index < -0.39 is 5.97 Å². The summed E-state index contributed by atoms with van der Waals surface area (Å²) in [4.78, 5) is 25.5. The summed E-state index contributed by atoms with van der Waals surface area (Å²) in [7, 11) is 1.34. The Morgan fingerprint density at radius 2 is 2.08 bits per heavy atom. The van der Waals surface area contributed by atoms with Crippen LogP contribution in [0.25, 0.3) is 0 Å². The fraction of sp³-hybridized carbons (Fsp3) is 0.368. The number of thiophene rings is 1. The molecule has 2 N–H and O–H groups in total. The number of esters is 1. The molecule has 5 nitrogen and oxygen atoms in total. The average molecular weight is 376 g/mol. The number of rotatable bonds is 6. The molecule has 1 unspecified atom stereocenters. The molecule has 0 radical (unpaired) electrons. The van der Waals surface area contributed by atoms with Crippen LogP contribution in [0.3, 0.4) is 0 Å². The molecule has 0 spiro atoms. The predicted octanol–water partition coefficient (Wildman–Crippen LogP) is 3.45. The molecule has 1 amide bonds. The number of hydrogen-bond donors (Lipinski definition) is 2. The Hall–Kier alpha value is -2.25. The molecule has 1 aromatic heterocycles. The quantitative estimate of drug-likeness (QED) is 0.758. The Balaban J connectivity index is 1.66. The Morgan fingerprint density at radius 1 is 1.31 bits per heavy atom. The highest BCUT2D eigenvalue weighted by atomic mass is 32.1. The third-order valence-electron chi connectivity index (χ3n) is 4.50. The van der Waals surface area contributed by atoms with E-state index in [2.05, 4.69) is 10.6 Å². The van der Waals surface area contributed by atoms with E-state index in [1.807, 2.05) is 0 Å². The molecule has 3 rings (SSSR count). The van der Waals surface area contributed by atoms with Crippen LogP contribution in [0.5, 0.6) is 0 Å². The summed E-state index contributed by atoms with van der Waals surface area (Å²) in [6, 6.07) is 6.15. The normalized spacial score (nSPS) is 14.0. The average Bonchev–Trinajstić information content (AvgIpc) is 3.20. The summed E-state index contributed by atoms with van der Waals surface area (Å²) in [5.74, 6) is -1.01. The van der Waals surface area contributed by atoms with Crippen molar-refractivity contribution in [2.24, 2.45) is 0 Å². The molecule has 7 heteroatoms. The number of nitrogens with one attached hydrogen (secondary N) is 2. The van der Waals surface area contributed by atoms with Crippen LogP contribution in [0.1, 0.15) is 45.7 Å². The second-order valence-electron chi connectivity index (χ2n) is 6.23. The molecule has 1 atom stereocenters. The van der Waals surface area contributed by atoms with Crippen LogP contribution < -0.4 is 10.6 Å². The number of carbonyl (C=O) groups excluding carboxylic acids is 2. The summed E-state index contributed by atoms with van der Waals surface area (Å²) in [5, 5.41) is 6.34. The maximum Gasteiger partial charge on any atom is 0.341 e. The molecule has 26 heavy (non-hydrogen) atoms. The molecule has 0 saturated heterocycles. The van der Waals surface area contributed by atoms with Gasteiger partial charge in [0.15, 0.2) is 0 Å². The van der Waals surface area contributed by atoms with Crippen molar-refractivity contribution in [2.45, 2.75) is 32.2 Å². The van der Waals surface area contributed by atoms with Crippen molar-refractivity contribution in [3.05, 3.63) is 51.7 Å². The van der Waals surface area contributed by atoms with E-state index in [4.69, 9.17) is 4.74 Å². The zero-order valence-corrected chi connectivity index (χ0v) is 15.5. The summed E-state index contributed by atoms with van der Waals surface area (Å²) in [5.41, 5.74) is 1.97. The standard InChI is InChI=1S/C19H21FN2O3S/c1-11(12-6-3-4-8-14(12)20)21-10-16(23)22-18-17(19(24)25-2)13-7-5-9-15(13)26-18/h3-4,6,8,11,21H,5,7,9-10H2,1-2H3,(H,22,23). The number of halogens is 1. The molecule has 0 fully saturated rings. The van der Waals surface area contributed by atoms with Crippen molar-refractivity contribution in [1.82, 2.24) is 5.32 Å². The summed E-state index contributed by atoms with van der Waals surface area (Å²) >= 11 is 1.43. The van der Waals surface area contributed by atoms with Gasteiger partial charge in [-0.2, -0.15) is 0 Å². The Labute approximate surface area is 155 Å². The minimum Gasteiger partial charge on any atom is -0.465 e. The molecular formula is C19H21FN2O3S. The van der Waals surface area contributed by atoms with Gasteiger partial charge in [-0.05, 0) is 37.8 Å². The van der Waals surface area contributed by atoms with Gasteiger partial charge in [-0.1, -0.05) is 18.2 Å². The lowest BCUT2D eigenvalue weighted by molar-refractivity contribution is -0.115. The molecule has 0 bridgehead atoms. The van der Waals surface area contributed by atoms with Crippen molar-refractivity contribution in [1.29, 1.82) is 0 Å². The lowest BCUT2D eigenvalue weighted by atomic mass is 10.1. The van der Waals surface area contributed by atoms with Crippen LogP contribution in [0, 0.1) is 5.82 Å². The Bertz CT molecular complexity index is 834. The number of ether oxygens (including phenoxy) is 1. The lowest BCUT2D eigenvalue weighted by Gasteiger charge is -2.15. The van der Waals surface area contributed by atoms with Crippen molar-refractivity contribution >= 4 is 28.2 Å². The van der Waals surface area contributed by atoms with Gasteiger partial charge in [0, 0.05) is 16.5 Å². The number of methoxy groups -OCH3 is 1. The highest BCUT2D eigenvalue weighted by molar-refractivity contribution is 7.17. The number of fused-ring (bicyclic) bond motifs is 1. The van der Waals surface area contributed by atoms with Crippen LogP contribution in [-0.2, 0) is 22.4 Å². The molecule has 1 aliphatic rings. The zero-order chi connectivity index (χ0) is 18.7. The third kappa shape index (κ3) is 3.78. The molecule has 1 aromatic carbocycles. The summed E-state index contributed by atoms with van der Waals surface area (Å²) in [6.45, 7) is 1.81. The zero-order valence-electron chi connectivity index (χ0n) is 14.7. The fourth-order valence-corrected chi connectivity index (χ4v) is 4.46. The first-order valence-electron chi connectivity index (χ1n) is 8.51. The highest BCUT2D eigenvalue weighted by Gasteiger charge is 2.28. The van der Waals surface area contributed by atoms with Gasteiger partial charge in [-0.15, -0.1) is 11.3 Å². The maximum absolute atomic E-state index is 13.8. The van der Waals surface area contributed by atoms with Gasteiger partial charge in [0.25, 0.3) is 0 Å². The number of benzene rings is 1. The predicted molar refractivity (Wildman–Crippen MR) is 99.1 cm³/mol. The number of hydrogen-bond acceptors (Lipinski definition) is 5. The van der Waals surface area contributed by atoms with Gasteiger partial charge >= 0.3 is 5.97 Å². The second-order valence-corrected chi connectivity index (χ2v) is 7.33. The van der Waals surface area contributed by atoms with Crippen LogP contribution >= 0.6 is 11.3 Å². The van der Waals surface area contributed by atoms with E-state index in [0.717, 1.165) is 29.7 Å². The lowest BCUT2D eigenvalue weighted by Crippen LogP contribution is -2.30. The van der Waals surface area contributed by atoms with Crippen molar-refractivity contribution in [3.8, 4) is 0 Å². The summed E-state index contributed by atoms with van der Waals surface area (Å²) < 4.78 is 18.7.